The van der Waals surface area contributed by atoms with Crippen LogP contribution in [0.2, 0.25) is 5.02 Å². The second-order valence-electron chi connectivity index (χ2n) is 7.54. The normalized spacial score (nSPS) is 11.1. The summed E-state index contributed by atoms with van der Waals surface area (Å²) in [5.41, 5.74) is 0.734. The Kier molecular flexibility index (Phi) is 6.74. The Hall–Kier alpha value is -3.65. The van der Waals surface area contributed by atoms with Gasteiger partial charge in [0.1, 0.15) is 23.9 Å². The van der Waals surface area contributed by atoms with E-state index in [0.717, 1.165) is 5.56 Å². The molecule has 0 spiro atoms. The molecule has 0 saturated heterocycles. The van der Waals surface area contributed by atoms with E-state index in [-0.39, 0.29) is 36.7 Å². The summed E-state index contributed by atoms with van der Waals surface area (Å²) in [7, 11) is 0. The van der Waals surface area contributed by atoms with Gasteiger partial charge in [-0.2, -0.15) is 0 Å². The first-order chi connectivity index (χ1) is 15.9. The summed E-state index contributed by atoms with van der Waals surface area (Å²) < 4.78 is 30.0. The van der Waals surface area contributed by atoms with E-state index in [0.29, 0.717) is 28.3 Å². The maximum absolute atomic E-state index is 13.1. The van der Waals surface area contributed by atoms with Gasteiger partial charge in [-0.25, -0.2) is 4.39 Å². The molecule has 0 N–H and O–H groups in total. The topological polar surface area (TPSA) is 81.6 Å². The van der Waals surface area contributed by atoms with Crippen LogP contribution < -0.4 is 4.74 Å². The molecule has 7 nitrogen and oxygen atoms in total. The molecule has 9 heteroatoms. The largest absolute Gasteiger partial charge is 0.486 e. The summed E-state index contributed by atoms with van der Waals surface area (Å²) >= 11 is 5.92. The number of ether oxygens (including phenoxy) is 1. The number of benzene rings is 2. The molecule has 2 heterocycles. The number of amides is 1. The highest BCUT2D eigenvalue weighted by atomic mass is 35.5. The molecule has 2 aromatic heterocycles. The number of nitrogens with zero attached hydrogens (tertiary/aromatic N) is 3. The number of carbonyl (C=O) groups excluding carboxylic acids is 1. The zero-order valence-corrected chi connectivity index (χ0v) is 18.8. The van der Waals surface area contributed by atoms with Crippen LogP contribution in [0, 0.1) is 5.82 Å². The lowest BCUT2D eigenvalue weighted by molar-refractivity contribution is 0.0635. The van der Waals surface area contributed by atoms with Crippen molar-refractivity contribution in [3.63, 3.8) is 0 Å². The Morgan fingerprint density at radius 2 is 1.76 bits per heavy atom. The van der Waals surface area contributed by atoms with E-state index in [1.807, 2.05) is 13.8 Å². The Morgan fingerprint density at radius 1 is 1.03 bits per heavy atom. The van der Waals surface area contributed by atoms with Gasteiger partial charge in [0, 0.05) is 16.6 Å². The number of furan rings is 1. The molecule has 170 valence electrons. The molecule has 4 aromatic rings. The number of carbonyl (C=O) groups is 1. The van der Waals surface area contributed by atoms with Gasteiger partial charge in [0.25, 0.3) is 5.91 Å². The first-order valence-electron chi connectivity index (χ1n) is 10.3. The average molecular weight is 470 g/mol. The molecule has 2 aromatic carbocycles. The fourth-order valence-electron chi connectivity index (χ4n) is 3.06. The summed E-state index contributed by atoms with van der Waals surface area (Å²) in [5.74, 6) is 1.11. The van der Waals surface area contributed by atoms with Gasteiger partial charge in [-0.3, -0.25) is 4.79 Å². The minimum absolute atomic E-state index is 0.106. The molecule has 0 aliphatic heterocycles. The molecule has 0 bridgehead atoms. The molecule has 0 unspecified atom stereocenters. The van der Waals surface area contributed by atoms with Crippen LogP contribution in [0.15, 0.2) is 69.5 Å². The van der Waals surface area contributed by atoms with Crippen LogP contribution in [-0.2, 0) is 13.2 Å². The highest BCUT2D eigenvalue weighted by Crippen LogP contribution is 2.22. The number of rotatable bonds is 8. The highest BCUT2D eigenvalue weighted by molar-refractivity contribution is 6.30. The predicted molar refractivity (Wildman–Crippen MR) is 119 cm³/mol. The highest BCUT2D eigenvalue weighted by Gasteiger charge is 2.24. The van der Waals surface area contributed by atoms with E-state index in [1.165, 1.54) is 24.3 Å². The molecule has 0 aliphatic carbocycles. The van der Waals surface area contributed by atoms with Crippen LogP contribution in [0.1, 0.15) is 36.1 Å². The van der Waals surface area contributed by atoms with E-state index >= 15 is 0 Å². The van der Waals surface area contributed by atoms with Crippen LogP contribution in [0.5, 0.6) is 5.75 Å². The molecule has 0 atom stereocenters. The summed E-state index contributed by atoms with van der Waals surface area (Å²) in [6.45, 7) is 4.00. The average Bonchev–Trinajstić information content (AvgIpc) is 3.47. The van der Waals surface area contributed by atoms with Gasteiger partial charge in [0.05, 0.1) is 6.54 Å². The fraction of sp³-hybridized carbons (Fsp3) is 0.208. The smallest absolute Gasteiger partial charge is 0.290 e. The van der Waals surface area contributed by atoms with Crippen molar-refractivity contribution in [1.82, 2.24) is 15.1 Å². The monoisotopic (exact) mass is 469 g/mol. The van der Waals surface area contributed by atoms with Crippen molar-refractivity contribution >= 4 is 17.5 Å². The number of hydrogen-bond donors (Lipinski definition) is 0. The molecule has 4 rings (SSSR count). The zero-order chi connectivity index (χ0) is 23.4. The van der Waals surface area contributed by atoms with E-state index in [1.54, 1.807) is 41.3 Å². The lowest BCUT2D eigenvalue weighted by atomic mass is 10.2. The van der Waals surface area contributed by atoms with Crippen molar-refractivity contribution in [2.24, 2.45) is 0 Å². The van der Waals surface area contributed by atoms with Crippen LogP contribution in [0.4, 0.5) is 4.39 Å². The van der Waals surface area contributed by atoms with Crippen molar-refractivity contribution in [2.75, 3.05) is 0 Å². The third-order valence-electron chi connectivity index (χ3n) is 4.82. The third-order valence-corrected chi connectivity index (χ3v) is 5.07. The molecular formula is C24H21ClFN3O4. The van der Waals surface area contributed by atoms with E-state index in [2.05, 4.69) is 10.2 Å². The predicted octanol–water partition coefficient (Wildman–Crippen LogP) is 5.75. The quantitative estimate of drug-likeness (QED) is 0.326. The van der Waals surface area contributed by atoms with Gasteiger partial charge in [0.2, 0.25) is 11.8 Å². The van der Waals surface area contributed by atoms with Gasteiger partial charge >= 0.3 is 0 Å². The van der Waals surface area contributed by atoms with Crippen molar-refractivity contribution in [3.8, 4) is 17.2 Å². The van der Waals surface area contributed by atoms with Crippen LogP contribution >= 0.6 is 11.6 Å². The molecule has 0 saturated carbocycles. The number of halogens is 2. The second kappa shape index (κ2) is 9.87. The van der Waals surface area contributed by atoms with Gasteiger partial charge in [-0.1, -0.05) is 11.6 Å². The van der Waals surface area contributed by atoms with Gasteiger partial charge in [-0.15, -0.1) is 10.2 Å². The summed E-state index contributed by atoms with van der Waals surface area (Å²) in [6.07, 6.45) is 0. The number of hydrogen-bond acceptors (Lipinski definition) is 6. The first-order valence-corrected chi connectivity index (χ1v) is 10.6. The SMILES string of the molecule is CC(C)N(Cc1nnc(-c2ccc(Cl)cc2)o1)C(=O)c1ccc(COc2ccc(F)cc2)o1. The van der Waals surface area contributed by atoms with Crippen molar-refractivity contribution in [1.29, 1.82) is 0 Å². The van der Waals surface area contributed by atoms with Gasteiger partial charge in [0.15, 0.2) is 5.76 Å². The Balaban J connectivity index is 1.42. The standard InChI is InChI=1S/C24H21ClFN3O4/c1-15(2)29(13-22-27-28-23(33-22)16-3-5-17(25)6-4-16)24(30)21-12-11-20(32-21)14-31-19-9-7-18(26)8-10-19/h3-12,15H,13-14H2,1-2H3. The lowest BCUT2D eigenvalue weighted by Crippen LogP contribution is -2.36. The summed E-state index contributed by atoms with van der Waals surface area (Å²) in [6, 6.07) is 15.8. The molecule has 1 amide bonds. The Morgan fingerprint density at radius 3 is 2.45 bits per heavy atom. The minimum Gasteiger partial charge on any atom is -0.486 e. The minimum atomic E-state index is -0.344. The molecule has 0 aliphatic rings. The van der Waals surface area contributed by atoms with E-state index < -0.39 is 0 Å². The number of aromatic nitrogens is 2. The maximum Gasteiger partial charge on any atom is 0.290 e. The van der Waals surface area contributed by atoms with Crippen LogP contribution in [-0.4, -0.2) is 27.0 Å². The Bertz CT molecular complexity index is 1220. The van der Waals surface area contributed by atoms with Crippen molar-refractivity contribution in [2.45, 2.75) is 33.0 Å². The molecule has 33 heavy (non-hydrogen) atoms. The first kappa shape index (κ1) is 22.5. The maximum atomic E-state index is 13.1. The van der Waals surface area contributed by atoms with Crippen molar-refractivity contribution in [3.05, 3.63) is 88.9 Å². The lowest BCUT2D eigenvalue weighted by Gasteiger charge is -2.24. The van der Waals surface area contributed by atoms with Gasteiger partial charge < -0.3 is 18.5 Å². The van der Waals surface area contributed by atoms with Gasteiger partial charge in [-0.05, 0) is 74.5 Å². The van der Waals surface area contributed by atoms with Crippen LogP contribution in [0.25, 0.3) is 11.5 Å². The summed E-state index contributed by atoms with van der Waals surface area (Å²) in [5, 5.41) is 8.74. The van der Waals surface area contributed by atoms with Crippen molar-refractivity contribution < 1.29 is 22.8 Å². The van der Waals surface area contributed by atoms with E-state index in [4.69, 9.17) is 25.2 Å². The molecule has 0 fully saturated rings. The molecular weight excluding hydrogens is 449 g/mol. The van der Waals surface area contributed by atoms with Crippen LogP contribution in [0.3, 0.4) is 0 Å². The Labute approximate surface area is 194 Å². The fourth-order valence-corrected chi connectivity index (χ4v) is 3.18. The third kappa shape index (κ3) is 5.59. The molecule has 0 radical (unpaired) electrons. The van der Waals surface area contributed by atoms with E-state index in [9.17, 15) is 9.18 Å². The zero-order valence-electron chi connectivity index (χ0n) is 18.0. The summed E-state index contributed by atoms with van der Waals surface area (Å²) in [4.78, 5) is 14.6. The second-order valence-corrected chi connectivity index (χ2v) is 7.98.